The molecular weight excluding hydrogens is 276 g/mol. The van der Waals surface area contributed by atoms with Crippen molar-refractivity contribution in [3.63, 3.8) is 0 Å². The molecule has 0 saturated carbocycles. The molecule has 1 aliphatic rings. The van der Waals surface area contributed by atoms with Crippen molar-refractivity contribution in [2.45, 2.75) is 26.7 Å². The Bertz CT molecular complexity index is 699. The van der Waals surface area contributed by atoms with E-state index in [1.807, 2.05) is 25.1 Å². The Labute approximate surface area is 130 Å². The van der Waals surface area contributed by atoms with E-state index in [1.54, 1.807) is 11.0 Å². The van der Waals surface area contributed by atoms with Gasteiger partial charge in [0.05, 0.1) is 0 Å². The number of para-hydroxylation sites is 1. The predicted octanol–water partition coefficient (Wildman–Crippen LogP) is 2.81. The van der Waals surface area contributed by atoms with Crippen molar-refractivity contribution in [3.8, 4) is 0 Å². The lowest BCUT2D eigenvalue weighted by atomic mass is 10.2. The van der Waals surface area contributed by atoms with Crippen LogP contribution in [0.1, 0.15) is 35.1 Å². The number of carbonyl (C=O) groups is 1. The summed E-state index contributed by atoms with van der Waals surface area (Å²) >= 11 is 0. The first-order valence-electron chi connectivity index (χ1n) is 7.68. The molecule has 2 heterocycles. The van der Waals surface area contributed by atoms with Crippen molar-refractivity contribution in [2.24, 2.45) is 0 Å². The number of hydrogen-bond acceptors (Lipinski definition) is 4. The maximum absolute atomic E-state index is 12.8. The van der Waals surface area contributed by atoms with Crippen molar-refractivity contribution in [1.82, 2.24) is 9.97 Å². The van der Waals surface area contributed by atoms with Crippen LogP contribution in [0.15, 0.2) is 30.3 Å². The lowest BCUT2D eigenvalue weighted by Crippen LogP contribution is -2.30. The molecule has 0 bridgehead atoms. The van der Waals surface area contributed by atoms with Crippen LogP contribution in [0.3, 0.4) is 0 Å². The molecule has 0 radical (unpaired) electrons. The maximum atomic E-state index is 12.8. The third-order valence-electron chi connectivity index (χ3n) is 3.74. The first-order chi connectivity index (χ1) is 10.7. The molecule has 0 fully saturated rings. The van der Waals surface area contributed by atoms with Gasteiger partial charge < -0.3 is 10.2 Å². The van der Waals surface area contributed by atoms with E-state index in [0.29, 0.717) is 18.2 Å². The van der Waals surface area contributed by atoms with Gasteiger partial charge in [-0.2, -0.15) is 0 Å². The fourth-order valence-corrected chi connectivity index (χ4v) is 2.68. The number of aromatic nitrogens is 2. The summed E-state index contributed by atoms with van der Waals surface area (Å²) in [6.45, 7) is 5.46. The molecule has 0 saturated heterocycles. The second-order valence-corrected chi connectivity index (χ2v) is 5.48. The fourth-order valence-electron chi connectivity index (χ4n) is 2.68. The summed E-state index contributed by atoms with van der Waals surface area (Å²) in [5.41, 5.74) is 3.45. The summed E-state index contributed by atoms with van der Waals surface area (Å²) < 4.78 is 0. The highest BCUT2D eigenvalue weighted by molar-refractivity contribution is 6.06. The van der Waals surface area contributed by atoms with Gasteiger partial charge in [0.2, 0.25) is 5.95 Å². The standard InChI is InChI=1S/C17H20N4O/c1-3-9-18-17-19-12(2)11-14(20-17)16(22)21-10-8-13-6-4-5-7-15(13)21/h4-7,11H,3,8-10H2,1-2H3,(H,18,19,20). The van der Waals surface area contributed by atoms with Gasteiger partial charge in [-0.05, 0) is 37.5 Å². The van der Waals surface area contributed by atoms with Crippen molar-refractivity contribution in [1.29, 1.82) is 0 Å². The van der Waals surface area contributed by atoms with E-state index in [1.165, 1.54) is 5.56 Å². The number of amides is 1. The number of aryl methyl sites for hydroxylation is 1. The summed E-state index contributed by atoms with van der Waals surface area (Å²) in [5.74, 6) is 0.465. The van der Waals surface area contributed by atoms with Crippen LogP contribution in [0, 0.1) is 6.92 Å². The molecule has 0 aliphatic carbocycles. The monoisotopic (exact) mass is 296 g/mol. The third kappa shape index (κ3) is 2.79. The van der Waals surface area contributed by atoms with Gasteiger partial charge >= 0.3 is 0 Å². The summed E-state index contributed by atoms with van der Waals surface area (Å²) in [6.07, 6.45) is 1.88. The van der Waals surface area contributed by atoms with Crippen molar-refractivity contribution in [2.75, 3.05) is 23.3 Å². The van der Waals surface area contributed by atoms with Gasteiger partial charge in [0.15, 0.2) is 0 Å². The number of anilines is 2. The maximum Gasteiger partial charge on any atom is 0.277 e. The highest BCUT2D eigenvalue weighted by Crippen LogP contribution is 2.28. The van der Waals surface area contributed by atoms with E-state index in [2.05, 4.69) is 28.3 Å². The SMILES string of the molecule is CCCNc1nc(C)cc(C(=O)N2CCc3ccccc32)n1. The highest BCUT2D eigenvalue weighted by Gasteiger charge is 2.26. The molecule has 2 aromatic rings. The quantitative estimate of drug-likeness (QED) is 0.942. The van der Waals surface area contributed by atoms with E-state index in [9.17, 15) is 4.79 Å². The van der Waals surface area contributed by atoms with Gasteiger partial charge in [-0.3, -0.25) is 4.79 Å². The molecule has 1 amide bonds. The number of hydrogen-bond donors (Lipinski definition) is 1. The van der Waals surface area contributed by atoms with Gasteiger partial charge in [0.25, 0.3) is 5.91 Å². The number of nitrogens with zero attached hydrogens (tertiary/aromatic N) is 3. The van der Waals surface area contributed by atoms with Gasteiger partial charge in [-0.1, -0.05) is 25.1 Å². The zero-order chi connectivity index (χ0) is 15.5. The van der Waals surface area contributed by atoms with Gasteiger partial charge in [-0.25, -0.2) is 9.97 Å². The van der Waals surface area contributed by atoms with Crippen molar-refractivity contribution < 1.29 is 4.79 Å². The zero-order valence-electron chi connectivity index (χ0n) is 13.0. The minimum Gasteiger partial charge on any atom is -0.354 e. The van der Waals surface area contributed by atoms with Gasteiger partial charge in [0.1, 0.15) is 5.69 Å². The van der Waals surface area contributed by atoms with E-state index < -0.39 is 0 Å². The number of rotatable bonds is 4. The van der Waals surface area contributed by atoms with E-state index >= 15 is 0 Å². The summed E-state index contributed by atoms with van der Waals surface area (Å²) in [5, 5.41) is 3.15. The minimum absolute atomic E-state index is 0.0602. The minimum atomic E-state index is -0.0602. The Balaban J connectivity index is 1.88. The van der Waals surface area contributed by atoms with Crippen LogP contribution in [-0.2, 0) is 6.42 Å². The van der Waals surface area contributed by atoms with Crippen molar-refractivity contribution >= 4 is 17.5 Å². The van der Waals surface area contributed by atoms with Crippen LogP contribution in [0.25, 0.3) is 0 Å². The number of benzene rings is 1. The molecule has 1 aromatic heterocycles. The lowest BCUT2D eigenvalue weighted by molar-refractivity contribution is 0.0984. The van der Waals surface area contributed by atoms with E-state index in [-0.39, 0.29) is 5.91 Å². The second kappa shape index (κ2) is 6.13. The smallest absolute Gasteiger partial charge is 0.277 e. The highest BCUT2D eigenvalue weighted by atomic mass is 16.2. The molecule has 22 heavy (non-hydrogen) atoms. The molecule has 0 spiro atoms. The number of fused-ring (bicyclic) bond motifs is 1. The predicted molar refractivity (Wildman–Crippen MR) is 87.4 cm³/mol. The number of carbonyl (C=O) groups excluding carboxylic acids is 1. The van der Waals surface area contributed by atoms with Crippen LogP contribution in [0.4, 0.5) is 11.6 Å². The molecule has 1 aliphatic heterocycles. The molecule has 1 aromatic carbocycles. The lowest BCUT2D eigenvalue weighted by Gasteiger charge is -2.17. The molecule has 0 atom stereocenters. The average Bonchev–Trinajstić information content (AvgIpc) is 2.95. The largest absolute Gasteiger partial charge is 0.354 e. The average molecular weight is 296 g/mol. The second-order valence-electron chi connectivity index (χ2n) is 5.48. The summed E-state index contributed by atoms with van der Waals surface area (Å²) in [6, 6.07) is 9.78. The third-order valence-corrected chi connectivity index (χ3v) is 3.74. The summed E-state index contributed by atoms with van der Waals surface area (Å²) in [4.78, 5) is 23.3. The zero-order valence-corrected chi connectivity index (χ0v) is 13.0. The topological polar surface area (TPSA) is 58.1 Å². The normalized spacial score (nSPS) is 13.1. The van der Waals surface area contributed by atoms with Gasteiger partial charge in [0, 0.05) is 24.5 Å². The Hall–Kier alpha value is -2.43. The Morgan fingerprint density at radius 2 is 2.14 bits per heavy atom. The molecule has 1 N–H and O–H groups in total. The van der Waals surface area contributed by atoms with Crippen molar-refractivity contribution in [3.05, 3.63) is 47.3 Å². The van der Waals surface area contributed by atoms with E-state index in [0.717, 1.165) is 30.8 Å². The molecule has 5 nitrogen and oxygen atoms in total. The van der Waals surface area contributed by atoms with Gasteiger partial charge in [-0.15, -0.1) is 0 Å². The Morgan fingerprint density at radius 3 is 2.95 bits per heavy atom. The van der Waals surface area contributed by atoms with E-state index in [4.69, 9.17) is 0 Å². The number of nitrogens with one attached hydrogen (secondary N) is 1. The van der Waals surface area contributed by atoms with Crippen LogP contribution in [0.5, 0.6) is 0 Å². The molecular formula is C17H20N4O. The fraction of sp³-hybridized carbons (Fsp3) is 0.353. The Morgan fingerprint density at radius 1 is 1.32 bits per heavy atom. The first kappa shape index (κ1) is 14.5. The summed E-state index contributed by atoms with van der Waals surface area (Å²) in [7, 11) is 0. The molecule has 0 unspecified atom stereocenters. The van der Waals surface area contributed by atoms with Crippen LogP contribution >= 0.6 is 0 Å². The molecule has 3 rings (SSSR count). The molecule has 5 heteroatoms. The van der Waals surface area contributed by atoms with Crippen LogP contribution in [0.2, 0.25) is 0 Å². The Kier molecular flexibility index (Phi) is 4.04. The van der Waals surface area contributed by atoms with Crippen LogP contribution in [-0.4, -0.2) is 29.0 Å². The molecule has 114 valence electrons. The van der Waals surface area contributed by atoms with Crippen LogP contribution < -0.4 is 10.2 Å². The first-order valence-corrected chi connectivity index (χ1v) is 7.68.